The second kappa shape index (κ2) is 7.81. The van der Waals surface area contributed by atoms with E-state index in [0.29, 0.717) is 13.0 Å². The van der Waals surface area contributed by atoms with E-state index >= 15 is 0 Å². The number of thiophene rings is 1. The summed E-state index contributed by atoms with van der Waals surface area (Å²) in [6, 6.07) is 2.07. The Balaban J connectivity index is 2.35. The van der Waals surface area contributed by atoms with Crippen LogP contribution in [-0.2, 0) is 16.0 Å². The molecule has 0 aliphatic heterocycles. The van der Waals surface area contributed by atoms with Gasteiger partial charge in [0.2, 0.25) is 5.91 Å². The second-order valence-electron chi connectivity index (χ2n) is 3.51. The third kappa shape index (κ3) is 5.09. The fourth-order valence-electron chi connectivity index (χ4n) is 1.39. The Morgan fingerprint density at radius 2 is 2.50 bits per heavy atom. The van der Waals surface area contributed by atoms with Crippen LogP contribution in [0.25, 0.3) is 0 Å². The van der Waals surface area contributed by atoms with E-state index in [-0.39, 0.29) is 11.9 Å². The van der Waals surface area contributed by atoms with Crippen LogP contribution in [-0.4, -0.2) is 31.0 Å². The molecule has 0 fully saturated rings. The third-order valence-corrected chi connectivity index (χ3v) is 3.33. The maximum absolute atomic E-state index is 11.7. The number of rotatable bonds is 7. The summed E-state index contributed by atoms with van der Waals surface area (Å²) in [4.78, 5) is 11.7. The van der Waals surface area contributed by atoms with Crippen LogP contribution in [0.1, 0.15) is 12.0 Å². The molecule has 90 valence electrons. The first-order valence-corrected chi connectivity index (χ1v) is 7.18. The molecular formula is C11H16BrNO2S. The lowest BCUT2D eigenvalue weighted by molar-refractivity contribution is -0.121. The molecule has 16 heavy (non-hydrogen) atoms. The van der Waals surface area contributed by atoms with Gasteiger partial charge in [0.15, 0.2) is 0 Å². The molecule has 1 unspecified atom stereocenters. The molecule has 1 heterocycles. The number of nitrogens with one attached hydrogen (secondary N) is 1. The van der Waals surface area contributed by atoms with Gasteiger partial charge in [-0.2, -0.15) is 11.3 Å². The van der Waals surface area contributed by atoms with Crippen molar-refractivity contribution >= 4 is 33.2 Å². The molecule has 5 heteroatoms. The zero-order valence-corrected chi connectivity index (χ0v) is 11.6. The highest BCUT2D eigenvalue weighted by molar-refractivity contribution is 9.09. The lowest BCUT2D eigenvalue weighted by Gasteiger charge is -2.16. The zero-order valence-electron chi connectivity index (χ0n) is 9.24. The van der Waals surface area contributed by atoms with Crippen LogP contribution in [0.5, 0.6) is 0 Å². The van der Waals surface area contributed by atoms with Crippen LogP contribution in [0.4, 0.5) is 0 Å². The predicted octanol–water partition coefficient (Wildman–Crippen LogP) is 2.21. The highest BCUT2D eigenvalue weighted by Crippen LogP contribution is 2.07. The Labute approximate surface area is 108 Å². The van der Waals surface area contributed by atoms with Gasteiger partial charge in [-0.05, 0) is 28.8 Å². The molecule has 0 aromatic carbocycles. The lowest BCUT2D eigenvalue weighted by atomic mass is 10.2. The monoisotopic (exact) mass is 305 g/mol. The number of amides is 1. The van der Waals surface area contributed by atoms with Crippen molar-refractivity contribution in [3.63, 3.8) is 0 Å². The summed E-state index contributed by atoms with van der Waals surface area (Å²) in [5.74, 6) is 0.0569. The van der Waals surface area contributed by atoms with Gasteiger partial charge in [0.25, 0.3) is 0 Å². The molecule has 1 aromatic rings. The first-order valence-electron chi connectivity index (χ1n) is 5.11. The molecule has 0 aliphatic carbocycles. The Bertz CT molecular complexity index is 297. The molecule has 0 bridgehead atoms. The standard InChI is InChI=1S/C11H16BrNO2S/c1-15-7-10(2-4-12)13-11(14)6-9-3-5-16-8-9/h3,5,8,10H,2,4,6-7H2,1H3,(H,13,14). The van der Waals surface area contributed by atoms with Crippen molar-refractivity contribution in [2.75, 3.05) is 19.0 Å². The van der Waals surface area contributed by atoms with E-state index < -0.39 is 0 Å². The number of hydrogen-bond donors (Lipinski definition) is 1. The van der Waals surface area contributed by atoms with Crippen LogP contribution in [0.15, 0.2) is 16.8 Å². The van der Waals surface area contributed by atoms with Crippen LogP contribution < -0.4 is 5.32 Å². The van der Waals surface area contributed by atoms with Crippen molar-refractivity contribution in [3.8, 4) is 0 Å². The van der Waals surface area contributed by atoms with Crippen molar-refractivity contribution in [2.24, 2.45) is 0 Å². The van der Waals surface area contributed by atoms with E-state index in [1.165, 1.54) is 0 Å². The fourth-order valence-corrected chi connectivity index (χ4v) is 2.61. The number of alkyl halides is 1. The molecule has 0 radical (unpaired) electrons. The van der Waals surface area contributed by atoms with E-state index in [0.717, 1.165) is 17.3 Å². The van der Waals surface area contributed by atoms with Crippen molar-refractivity contribution in [2.45, 2.75) is 18.9 Å². The predicted molar refractivity (Wildman–Crippen MR) is 70.2 cm³/mol. The van der Waals surface area contributed by atoms with Crippen LogP contribution in [0.2, 0.25) is 0 Å². The molecule has 0 saturated heterocycles. The first kappa shape index (κ1) is 13.7. The number of hydrogen-bond acceptors (Lipinski definition) is 3. The molecule has 1 N–H and O–H groups in total. The molecule has 1 rings (SSSR count). The maximum Gasteiger partial charge on any atom is 0.224 e. The fraction of sp³-hybridized carbons (Fsp3) is 0.545. The minimum Gasteiger partial charge on any atom is -0.383 e. The summed E-state index contributed by atoms with van der Waals surface area (Å²) in [7, 11) is 1.65. The molecule has 0 saturated carbocycles. The van der Waals surface area contributed by atoms with E-state index in [2.05, 4.69) is 21.2 Å². The summed E-state index contributed by atoms with van der Waals surface area (Å²) >= 11 is 4.97. The third-order valence-electron chi connectivity index (χ3n) is 2.14. The minimum absolute atomic E-state index is 0.0569. The number of halogens is 1. The highest BCUT2D eigenvalue weighted by atomic mass is 79.9. The van der Waals surface area contributed by atoms with Gasteiger partial charge < -0.3 is 10.1 Å². The lowest BCUT2D eigenvalue weighted by Crippen LogP contribution is -2.39. The molecule has 0 aliphatic rings. The average molecular weight is 306 g/mol. The summed E-state index contributed by atoms with van der Waals surface area (Å²) in [5.41, 5.74) is 1.07. The van der Waals surface area contributed by atoms with E-state index in [4.69, 9.17) is 4.74 Å². The Hall–Kier alpha value is -0.390. The normalized spacial score (nSPS) is 12.4. The van der Waals surface area contributed by atoms with Gasteiger partial charge in [0.05, 0.1) is 19.1 Å². The van der Waals surface area contributed by atoms with Crippen molar-refractivity contribution in [1.29, 1.82) is 0 Å². The smallest absolute Gasteiger partial charge is 0.224 e. The maximum atomic E-state index is 11.7. The quantitative estimate of drug-likeness (QED) is 0.784. The highest BCUT2D eigenvalue weighted by Gasteiger charge is 2.11. The number of carbonyl (C=O) groups excluding carboxylic acids is 1. The molecule has 1 amide bonds. The van der Waals surface area contributed by atoms with Crippen molar-refractivity contribution in [3.05, 3.63) is 22.4 Å². The SMILES string of the molecule is COCC(CCBr)NC(=O)Cc1ccsc1. The average Bonchev–Trinajstić information content (AvgIpc) is 2.71. The van der Waals surface area contributed by atoms with Crippen LogP contribution >= 0.6 is 27.3 Å². The Morgan fingerprint density at radius 1 is 1.69 bits per heavy atom. The van der Waals surface area contributed by atoms with Gasteiger partial charge >= 0.3 is 0 Å². The van der Waals surface area contributed by atoms with Gasteiger partial charge in [-0.3, -0.25) is 4.79 Å². The molecule has 3 nitrogen and oxygen atoms in total. The topological polar surface area (TPSA) is 38.3 Å². The first-order chi connectivity index (χ1) is 7.76. The largest absolute Gasteiger partial charge is 0.383 e. The van der Waals surface area contributed by atoms with E-state index in [1.807, 2.05) is 16.8 Å². The molecule has 0 spiro atoms. The number of methoxy groups -OCH3 is 1. The van der Waals surface area contributed by atoms with E-state index in [1.54, 1.807) is 18.4 Å². The van der Waals surface area contributed by atoms with Crippen molar-refractivity contribution in [1.82, 2.24) is 5.32 Å². The van der Waals surface area contributed by atoms with Gasteiger partial charge in [-0.1, -0.05) is 15.9 Å². The second-order valence-corrected chi connectivity index (χ2v) is 5.08. The zero-order chi connectivity index (χ0) is 11.8. The minimum atomic E-state index is 0.0569. The summed E-state index contributed by atoms with van der Waals surface area (Å²) in [6.07, 6.45) is 1.33. The summed E-state index contributed by atoms with van der Waals surface area (Å²) in [6.45, 7) is 0.557. The van der Waals surface area contributed by atoms with Gasteiger partial charge in [0, 0.05) is 12.4 Å². The number of ether oxygens (including phenoxy) is 1. The van der Waals surface area contributed by atoms with Gasteiger partial charge in [-0.15, -0.1) is 0 Å². The molecular weight excluding hydrogens is 290 g/mol. The summed E-state index contributed by atoms with van der Waals surface area (Å²) < 4.78 is 5.06. The summed E-state index contributed by atoms with van der Waals surface area (Å²) in [5, 5.41) is 7.80. The number of carbonyl (C=O) groups is 1. The van der Waals surface area contributed by atoms with Gasteiger partial charge in [-0.25, -0.2) is 0 Å². The Kier molecular flexibility index (Phi) is 6.68. The van der Waals surface area contributed by atoms with Crippen LogP contribution in [0, 0.1) is 0 Å². The van der Waals surface area contributed by atoms with Gasteiger partial charge in [0.1, 0.15) is 0 Å². The Morgan fingerprint density at radius 3 is 3.06 bits per heavy atom. The van der Waals surface area contributed by atoms with Crippen molar-refractivity contribution < 1.29 is 9.53 Å². The van der Waals surface area contributed by atoms with Crippen LogP contribution in [0.3, 0.4) is 0 Å². The molecule has 1 aromatic heterocycles. The van der Waals surface area contributed by atoms with E-state index in [9.17, 15) is 4.79 Å². The molecule has 1 atom stereocenters.